The van der Waals surface area contributed by atoms with Gasteiger partial charge in [-0.05, 0) is 18.2 Å². The number of benzene rings is 3. The van der Waals surface area contributed by atoms with Crippen molar-refractivity contribution in [3.63, 3.8) is 0 Å². The van der Waals surface area contributed by atoms with E-state index in [0.717, 1.165) is 21.6 Å². The number of aliphatic imine (C=N–C) groups is 1. The first kappa shape index (κ1) is 18.0. The first-order valence-corrected chi connectivity index (χ1v) is 9.75. The van der Waals surface area contributed by atoms with Gasteiger partial charge in [-0.2, -0.15) is 4.74 Å². The van der Waals surface area contributed by atoms with Crippen molar-refractivity contribution in [2.75, 3.05) is 0 Å². The molecular formula is C26H18N2O2. The summed E-state index contributed by atoms with van der Waals surface area (Å²) in [5.74, 6) is -0.153. The average molecular weight is 390 g/mol. The maximum Gasteiger partial charge on any atom is 0.266 e. The van der Waals surface area contributed by atoms with Gasteiger partial charge in [-0.25, -0.2) is 4.99 Å². The number of para-hydroxylation sites is 1. The third-order valence-corrected chi connectivity index (χ3v) is 5.47. The molecule has 0 atom stereocenters. The molecule has 3 aromatic carbocycles. The zero-order valence-electron chi connectivity index (χ0n) is 16.1. The van der Waals surface area contributed by atoms with Crippen molar-refractivity contribution in [1.29, 1.82) is 0 Å². The number of hydrogen-bond donors (Lipinski definition) is 0. The lowest BCUT2D eigenvalue weighted by Gasteiger charge is -2.29. The number of carbonyl (C=O) groups is 1. The van der Waals surface area contributed by atoms with E-state index in [9.17, 15) is 10.0 Å². The van der Waals surface area contributed by atoms with Gasteiger partial charge in [0.25, 0.3) is 5.54 Å². The molecule has 2 aliphatic rings. The van der Waals surface area contributed by atoms with Gasteiger partial charge in [0.2, 0.25) is 5.71 Å². The number of carbonyl (C=O) groups excluding carboxylic acids is 1. The molecule has 0 bridgehead atoms. The van der Waals surface area contributed by atoms with Crippen LogP contribution in [0.3, 0.4) is 0 Å². The van der Waals surface area contributed by atoms with Crippen molar-refractivity contribution in [2.45, 2.75) is 5.54 Å². The number of fused-ring (bicyclic) bond motifs is 1. The number of hydrogen-bond acceptors (Lipinski definition) is 3. The van der Waals surface area contributed by atoms with Crippen LogP contribution in [0.4, 0.5) is 5.69 Å². The largest absolute Gasteiger partial charge is 0.622 e. The van der Waals surface area contributed by atoms with Gasteiger partial charge in [-0.15, -0.1) is 0 Å². The molecule has 0 saturated heterocycles. The quantitative estimate of drug-likeness (QED) is 0.369. The Morgan fingerprint density at radius 2 is 1.27 bits per heavy atom. The fourth-order valence-electron chi connectivity index (χ4n) is 4.16. The predicted molar refractivity (Wildman–Crippen MR) is 118 cm³/mol. The van der Waals surface area contributed by atoms with Crippen LogP contribution >= 0.6 is 0 Å². The molecule has 0 N–H and O–H groups in total. The molecule has 0 radical (unpaired) electrons. The van der Waals surface area contributed by atoms with Crippen molar-refractivity contribution in [3.05, 3.63) is 131 Å². The highest BCUT2D eigenvalue weighted by molar-refractivity contribution is 6.37. The Labute approximate surface area is 174 Å². The normalized spacial score (nSPS) is 18.5. The fourth-order valence-corrected chi connectivity index (χ4v) is 4.16. The zero-order valence-corrected chi connectivity index (χ0v) is 16.1. The molecule has 0 amide bonds. The first-order valence-electron chi connectivity index (χ1n) is 9.75. The van der Waals surface area contributed by atoms with E-state index in [2.05, 4.69) is 0 Å². The van der Waals surface area contributed by atoms with Crippen molar-refractivity contribution < 1.29 is 9.53 Å². The van der Waals surface area contributed by atoms with Crippen LogP contribution in [-0.2, 0) is 10.3 Å². The van der Waals surface area contributed by atoms with Gasteiger partial charge in [0, 0.05) is 23.3 Å². The first-order chi connectivity index (χ1) is 14.7. The Morgan fingerprint density at radius 3 is 1.83 bits per heavy atom. The average Bonchev–Trinajstić information content (AvgIpc) is 3.04. The fraction of sp³-hybridized carbons (Fsp3) is 0.0385. The van der Waals surface area contributed by atoms with E-state index in [-0.39, 0.29) is 5.78 Å². The molecule has 30 heavy (non-hydrogen) atoms. The summed E-state index contributed by atoms with van der Waals surface area (Å²) >= 11 is 0. The van der Waals surface area contributed by atoms with Gasteiger partial charge in [0.15, 0.2) is 5.78 Å². The lowest BCUT2D eigenvalue weighted by Crippen LogP contribution is -2.41. The second-order valence-corrected chi connectivity index (χ2v) is 7.21. The van der Waals surface area contributed by atoms with Crippen molar-refractivity contribution in [3.8, 4) is 0 Å². The maximum absolute atomic E-state index is 14.0. The lowest BCUT2D eigenvalue weighted by molar-refractivity contribution is -0.516. The summed E-state index contributed by atoms with van der Waals surface area (Å²) in [5.41, 5.74) is 2.67. The van der Waals surface area contributed by atoms with Gasteiger partial charge >= 0.3 is 0 Å². The Kier molecular flexibility index (Phi) is 4.25. The Hall–Kier alpha value is -4.05. The van der Waals surface area contributed by atoms with Crippen molar-refractivity contribution in [2.24, 2.45) is 4.99 Å². The number of allylic oxidation sites excluding steroid dienone is 3. The molecule has 3 aromatic rings. The summed E-state index contributed by atoms with van der Waals surface area (Å²) in [6.07, 6.45) is 4.53. The van der Waals surface area contributed by atoms with Gasteiger partial charge < -0.3 is 5.21 Å². The second kappa shape index (κ2) is 7.08. The van der Waals surface area contributed by atoms with E-state index < -0.39 is 5.54 Å². The van der Waals surface area contributed by atoms with Crippen molar-refractivity contribution in [1.82, 2.24) is 0 Å². The molecule has 4 heteroatoms. The number of ketones is 1. The molecule has 0 saturated carbocycles. The van der Waals surface area contributed by atoms with E-state index in [1.165, 1.54) is 12.2 Å². The molecule has 5 rings (SSSR count). The van der Waals surface area contributed by atoms with Gasteiger partial charge in [0.1, 0.15) is 5.71 Å². The van der Waals surface area contributed by atoms with E-state index in [4.69, 9.17) is 4.99 Å². The van der Waals surface area contributed by atoms with Crippen LogP contribution in [-0.4, -0.2) is 21.9 Å². The minimum Gasteiger partial charge on any atom is -0.622 e. The second-order valence-electron chi connectivity index (χ2n) is 7.21. The molecule has 0 spiro atoms. The molecule has 1 aliphatic carbocycles. The van der Waals surface area contributed by atoms with E-state index >= 15 is 0 Å². The summed E-state index contributed by atoms with van der Waals surface area (Å²) in [6.45, 7) is 0. The number of nitrogens with zero attached hydrogens (tertiary/aromatic N) is 2. The third kappa shape index (κ3) is 2.65. The van der Waals surface area contributed by atoms with E-state index in [1.54, 1.807) is 6.08 Å². The Morgan fingerprint density at radius 1 is 0.733 bits per heavy atom. The van der Waals surface area contributed by atoms with E-state index in [1.807, 2.05) is 91.0 Å². The zero-order chi connectivity index (χ0) is 20.6. The monoisotopic (exact) mass is 390 g/mol. The number of hydroxylamine groups is 1. The topological polar surface area (TPSA) is 55.5 Å². The van der Waals surface area contributed by atoms with Gasteiger partial charge in [0.05, 0.1) is 11.3 Å². The summed E-state index contributed by atoms with van der Waals surface area (Å²) < 4.78 is 0.994. The minimum atomic E-state index is -1.20. The molecule has 1 aliphatic heterocycles. The predicted octanol–water partition coefficient (Wildman–Crippen LogP) is 4.73. The summed E-state index contributed by atoms with van der Waals surface area (Å²) in [5, 5.41) is 14.0. The molecule has 144 valence electrons. The van der Waals surface area contributed by atoms with Gasteiger partial charge in [-0.3, -0.25) is 4.79 Å². The van der Waals surface area contributed by atoms with Crippen LogP contribution in [0.1, 0.15) is 11.1 Å². The molecule has 0 unspecified atom stereocenters. The van der Waals surface area contributed by atoms with Gasteiger partial charge in [-0.1, -0.05) is 78.9 Å². The molecular weight excluding hydrogens is 372 g/mol. The highest BCUT2D eigenvalue weighted by atomic mass is 16.5. The molecule has 1 heterocycles. The highest BCUT2D eigenvalue weighted by Crippen LogP contribution is 2.43. The van der Waals surface area contributed by atoms with Crippen LogP contribution in [0.2, 0.25) is 0 Å². The SMILES string of the molecule is O=C1C=CC2=[N+]([O-])C(c3ccccc3)(c3ccccc3)C(=Nc3ccccc3)C2=C1. The Bertz CT molecular complexity index is 1200. The Balaban J connectivity index is 1.91. The van der Waals surface area contributed by atoms with Crippen LogP contribution in [0, 0.1) is 5.21 Å². The highest BCUT2D eigenvalue weighted by Gasteiger charge is 2.57. The van der Waals surface area contributed by atoms with Crippen LogP contribution in [0.5, 0.6) is 0 Å². The number of rotatable bonds is 3. The third-order valence-electron chi connectivity index (χ3n) is 5.47. The summed E-state index contributed by atoms with van der Waals surface area (Å²) in [6, 6.07) is 28.7. The van der Waals surface area contributed by atoms with Crippen LogP contribution < -0.4 is 0 Å². The molecule has 4 nitrogen and oxygen atoms in total. The summed E-state index contributed by atoms with van der Waals surface area (Å²) in [4.78, 5) is 17.2. The van der Waals surface area contributed by atoms with E-state index in [0.29, 0.717) is 17.0 Å². The molecule has 0 aromatic heterocycles. The lowest BCUT2D eigenvalue weighted by atomic mass is 9.78. The van der Waals surface area contributed by atoms with Crippen LogP contribution in [0.25, 0.3) is 0 Å². The van der Waals surface area contributed by atoms with Crippen molar-refractivity contribution >= 4 is 22.9 Å². The molecule has 0 fully saturated rings. The summed E-state index contributed by atoms with van der Waals surface area (Å²) in [7, 11) is 0. The van der Waals surface area contributed by atoms with Crippen LogP contribution in [0.15, 0.2) is 120 Å². The smallest absolute Gasteiger partial charge is 0.266 e. The standard InChI is InChI=1S/C26H18N2O2/c29-22-16-17-24-23(18-22)25(27-21-14-8-3-9-15-21)26(28(24)30,19-10-4-1-5-11-19)20-12-6-2-7-13-20/h1-18H. The maximum atomic E-state index is 14.0. The minimum absolute atomic E-state index is 0.153.